The van der Waals surface area contributed by atoms with Crippen LogP contribution >= 0.6 is 0 Å². The smallest absolute Gasteiger partial charge is 0.423 e. The first-order valence-corrected chi connectivity index (χ1v) is 16.9. The lowest BCUT2D eigenvalue weighted by Gasteiger charge is -2.29. The van der Waals surface area contributed by atoms with Gasteiger partial charge in [0.15, 0.2) is 0 Å². The number of alkyl halides is 3. The highest BCUT2D eigenvalue weighted by molar-refractivity contribution is 6.76. The number of carbonyl (C=O) groups is 2. The van der Waals surface area contributed by atoms with Crippen LogP contribution in [0.5, 0.6) is 0 Å². The standard InChI is InChI=1S/C25H41F3N4O7Si/c1-24(2,3)39-23(36)30-17(12-20(33)34)14-38-15-18-8-7-9-31(18)19-13-29-32(16-37-10-11-40(4,5)6)22(35)21(19)25(26,27)28/h13,17-18H,7-12,14-16H2,1-6H3,(H,30,36)(H,33,34)/t17?,18-/m0/s1. The average molecular weight is 595 g/mol. The van der Waals surface area contributed by atoms with Crippen molar-refractivity contribution in [3.8, 4) is 0 Å². The van der Waals surface area contributed by atoms with E-state index >= 15 is 0 Å². The molecule has 1 aromatic rings. The summed E-state index contributed by atoms with van der Waals surface area (Å²) in [5, 5.41) is 15.6. The van der Waals surface area contributed by atoms with Crippen molar-refractivity contribution in [1.82, 2.24) is 15.1 Å². The third-order valence-electron chi connectivity index (χ3n) is 5.98. The molecular weight excluding hydrogens is 553 g/mol. The lowest BCUT2D eigenvalue weighted by molar-refractivity contribution is -0.139. The number of nitrogens with zero attached hydrogens (tertiary/aromatic N) is 3. The molecule has 228 valence electrons. The van der Waals surface area contributed by atoms with Crippen LogP contribution in [0.2, 0.25) is 25.7 Å². The second-order valence-corrected chi connectivity index (χ2v) is 17.6. The van der Waals surface area contributed by atoms with Gasteiger partial charge >= 0.3 is 18.2 Å². The van der Waals surface area contributed by atoms with Gasteiger partial charge in [0.1, 0.15) is 17.9 Å². The molecule has 11 nitrogen and oxygen atoms in total. The van der Waals surface area contributed by atoms with E-state index in [0.29, 0.717) is 24.1 Å². The number of carboxylic acids is 1. The Labute approximate surface area is 233 Å². The molecule has 0 bridgehead atoms. The van der Waals surface area contributed by atoms with Crippen LogP contribution in [0.15, 0.2) is 11.0 Å². The van der Waals surface area contributed by atoms with E-state index in [1.807, 2.05) is 0 Å². The van der Waals surface area contributed by atoms with E-state index in [-0.39, 0.29) is 32.2 Å². The molecule has 0 aromatic carbocycles. The van der Waals surface area contributed by atoms with Crippen molar-refractivity contribution in [3.63, 3.8) is 0 Å². The van der Waals surface area contributed by atoms with Gasteiger partial charge in [0.05, 0.1) is 43.6 Å². The first-order chi connectivity index (χ1) is 18.4. The van der Waals surface area contributed by atoms with E-state index in [9.17, 15) is 32.7 Å². The van der Waals surface area contributed by atoms with Gasteiger partial charge in [0.2, 0.25) is 0 Å². The predicted octanol–water partition coefficient (Wildman–Crippen LogP) is 3.93. The Kier molecular flexibility index (Phi) is 11.6. The molecule has 1 fully saturated rings. The second-order valence-electron chi connectivity index (χ2n) is 12.0. The fraction of sp³-hybridized carbons (Fsp3) is 0.760. The first kappa shape index (κ1) is 33.6. The summed E-state index contributed by atoms with van der Waals surface area (Å²) in [4.78, 5) is 37.6. The molecule has 2 rings (SSSR count). The Bertz CT molecular complexity index is 1070. The summed E-state index contributed by atoms with van der Waals surface area (Å²) in [5.41, 5.74) is -3.73. The van der Waals surface area contributed by atoms with Gasteiger partial charge in [0, 0.05) is 21.2 Å². The number of halogens is 3. The number of hydrogen-bond donors (Lipinski definition) is 2. The van der Waals surface area contributed by atoms with Crippen LogP contribution in [0.25, 0.3) is 0 Å². The lowest BCUT2D eigenvalue weighted by Crippen LogP contribution is -2.44. The quantitative estimate of drug-likeness (QED) is 0.258. The van der Waals surface area contributed by atoms with Crippen LogP contribution in [0.3, 0.4) is 0 Å². The van der Waals surface area contributed by atoms with E-state index in [4.69, 9.17) is 14.2 Å². The number of carboxylic acid groups (broad SMARTS) is 1. The van der Waals surface area contributed by atoms with Crippen molar-refractivity contribution in [2.24, 2.45) is 0 Å². The number of rotatable bonds is 13. The molecule has 40 heavy (non-hydrogen) atoms. The third-order valence-corrected chi connectivity index (χ3v) is 7.68. The third kappa shape index (κ3) is 11.1. The van der Waals surface area contributed by atoms with E-state index < -0.39 is 61.5 Å². The van der Waals surface area contributed by atoms with Crippen LogP contribution in [-0.4, -0.2) is 79.1 Å². The number of hydrogen-bond acceptors (Lipinski definition) is 8. The Hall–Kier alpha value is -2.65. The van der Waals surface area contributed by atoms with Gasteiger partial charge in [-0.25, -0.2) is 9.48 Å². The fourth-order valence-electron chi connectivity index (χ4n) is 4.09. The fourth-order valence-corrected chi connectivity index (χ4v) is 4.85. The molecule has 15 heteroatoms. The van der Waals surface area contributed by atoms with Gasteiger partial charge in [-0.05, 0) is 39.7 Å². The Morgan fingerprint density at radius 2 is 1.90 bits per heavy atom. The number of nitrogens with one attached hydrogen (secondary N) is 1. The Morgan fingerprint density at radius 3 is 2.48 bits per heavy atom. The van der Waals surface area contributed by atoms with E-state index in [2.05, 4.69) is 30.1 Å². The topological polar surface area (TPSA) is 132 Å². The maximum Gasteiger partial charge on any atom is 0.423 e. The number of carbonyl (C=O) groups excluding carboxylic acids is 1. The normalized spacial score (nSPS) is 17.1. The van der Waals surface area contributed by atoms with Crippen molar-refractivity contribution in [2.75, 3.05) is 31.3 Å². The predicted molar refractivity (Wildman–Crippen MR) is 144 cm³/mol. The van der Waals surface area contributed by atoms with Crippen LogP contribution in [-0.2, 0) is 31.9 Å². The molecule has 1 amide bonds. The van der Waals surface area contributed by atoms with E-state index in [0.717, 1.165) is 12.2 Å². The zero-order chi connectivity index (χ0) is 30.3. The average Bonchev–Trinajstić information content (AvgIpc) is 3.22. The highest BCUT2D eigenvalue weighted by atomic mass is 28.3. The maximum absolute atomic E-state index is 14.1. The largest absolute Gasteiger partial charge is 0.481 e. The molecule has 1 unspecified atom stereocenters. The maximum atomic E-state index is 14.1. The summed E-state index contributed by atoms with van der Waals surface area (Å²) in [7, 11) is -1.42. The molecule has 1 aromatic heterocycles. The minimum Gasteiger partial charge on any atom is -0.481 e. The Morgan fingerprint density at radius 1 is 1.23 bits per heavy atom. The number of ether oxygens (including phenoxy) is 3. The van der Waals surface area contributed by atoms with E-state index in [1.165, 1.54) is 4.90 Å². The minimum absolute atomic E-state index is 0.0493. The van der Waals surface area contributed by atoms with Gasteiger partial charge < -0.3 is 29.5 Å². The zero-order valence-corrected chi connectivity index (χ0v) is 25.0. The Balaban J connectivity index is 2.13. The molecule has 0 radical (unpaired) electrons. The summed E-state index contributed by atoms with van der Waals surface area (Å²) in [6.45, 7) is 11.3. The molecule has 2 N–H and O–H groups in total. The van der Waals surface area contributed by atoms with Crippen molar-refractivity contribution < 1.29 is 42.1 Å². The summed E-state index contributed by atoms with van der Waals surface area (Å²) in [5.74, 6) is -1.17. The summed E-state index contributed by atoms with van der Waals surface area (Å²) >= 11 is 0. The highest BCUT2D eigenvalue weighted by Crippen LogP contribution is 2.36. The molecule has 0 saturated carbocycles. The lowest BCUT2D eigenvalue weighted by atomic mass is 10.2. The summed E-state index contributed by atoms with van der Waals surface area (Å²) in [6.07, 6.45) is -4.09. The van der Waals surface area contributed by atoms with Crippen molar-refractivity contribution in [2.45, 2.75) is 96.3 Å². The molecule has 0 aliphatic carbocycles. The van der Waals surface area contributed by atoms with Crippen LogP contribution < -0.4 is 15.8 Å². The second kappa shape index (κ2) is 13.8. The highest BCUT2D eigenvalue weighted by Gasteiger charge is 2.41. The van der Waals surface area contributed by atoms with Gasteiger partial charge in [-0.15, -0.1) is 0 Å². The summed E-state index contributed by atoms with van der Waals surface area (Å²) < 4.78 is 59.2. The molecular formula is C25H41F3N4O7Si. The summed E-state index contributed by atoms with van der Waals surface area (Å²) in [6, 6.07) is -0.639. The molecule has 1 aliphatic rings. The number of aliphatic carboxylic acids is 1. The molecule has 1 saturated heterocycles. The van der Waals surface area contributed by atoms with Crippen molar-refractivity contribution >= 4 is 25.8 Å². The molecule has 2 heterocycles. The number of amides is 1. The van der Waals surface area contributed by atoms with Crippen LogP contribution in [0, 0.1) is 0 Å². The SMILES string of the molecule is CC(C)(C)OC(=O)NC(COC[C@@H]1CCCN1c1cnn(COCC[Si](C)(C)C)c(=O)c1C(F)(F)F)CC(=O)O. The number of anilines is 1. The number of aromatic nitrogens is 2. The molecule has 2 atom stereocenters. The minimum atomic E-state index is -4.92. The molecule has 0 spiro atoms. The van der Waals surface area contributed by atoms with Gasteiger partial charge in [0.25, 0.3) is 5.56 Å². The van der Waals surface area contributed by atoms with Gasteiger partial charge in [-0.2, -0.15) is 18.3 Å². The van der Waals surface area contributed by atoms with Crippen LogP contribution in [0.1, 0.15) is 45.6 Å². The first-order valence-electron chi connectivity index (χ1n) is 13.2. The monoisotopic (exact) mass is 594 g/mol. The van der Waals surface area contributed by atoms with Gasteiger partial charge in [-0.1, -0.05) is 19.6 Å². The number of alkyl carbamates (subject to hydrolysis) is 1. The van der Waals surface area contributed by atoms with Crippen LogP contribution in [0.4, 0.5) is 23.7 Å². The zero-order valence-electron chi connectivity index (χ0n) is 24.0. The van der Waals surface area contributed by atoms with Crippen molar-refractivity contribution in [3.05, 3.63) is 22.1 Å². The van der Waals surface area contributed by atoms with Crippen molar-refractivity contribution in [1.29, 1.82) is 0 Å². The molecule has 1 aliphatic heterocycles. The van der Waals surface area contributed by atoms with E-state index in [1.54, 1.807) is 20.8 Å². The van der Waals surface area contributed by atoms with Gasteiger partial charge in [-0.3, -0.25) is 9.59 Å².